The van der Waals surface area contributed by atoms with Gasteiger partial charge in [-0.15, -0.1) is 0 Å². The quantitative estimate of drug-likeness (QED) is 0.927. The van der Waals surface area contributed by atoms with E-state index in [1.54, 1.807) is 17.9 Å². The predicted octanol–water partition coefficient (Wildman–Crippen LogP) is 2.44. The van der Waals surface area contributed by atoms with Gasteiger partial charge in [-0.1, -0.05) is 11.6 Å². The van der Waals surface area contributed by atoms with Gasteiger partial charge in [0.05, 0.1) is 18.8 Å². The fraction of sp³-hybridized carbons (Fsp3) is 0.308. The van der Waals surface area contributed by atoms with Gasteiger partial charge in [-0.25, -0.2) is 0 Å². The summed E-state index contributed by atoms with van der Waals surface area (Å²) in [4.78, 5) is 0. The number of rotatable bonds is 3. The lowest BCUT2D eigenvalue weighted by Crippen LogP contribution is -2.13. The van der Waals surface area contributed by atoms with Crippen LogP contribution in [-0.4, -0.2) is 16.9 Å². The fourth-order valence-electron chi connectivity index (χ4n) is 2.04. The number of nitrogens with two attached hydrogens (primary N) is 1. The molecule has 1 aromatic carbocycles. The summed E-state index contributed by atoms with van der Waals surface area (Å²) >= 11 is 6.02. The Kier molecular flexibility index (Phi) is 3.59. The molecule has 1 aromatic heterocycles. The zero-order valence-electron chi connectivity index (χ0n) is 10.6. The molecule has 0 bridgehead atoms. The second-order valence-electron chi connectivity index (χ2n) is 4.21. The average Bonchev–Trinajstić information content (AvgIpc) is 2.67. The molecule has 0 radical (unpaired) electrons. The zero-order valence-corrected chi connectivity index (χ0v) is 11.4. The third-order valence-electron chi connectivity index (χ3n) is 2.91. The van der Waals surface area contributed by atoms with Crippen molar-refractivity contribution in [2.75, 3.05) is 7.11 Å². The van der Waals surface area contributed by atoms with E-state index in [0.29, 0.717) is 5.02 Å². The van der Waals surface area contributed by atoms with Crippen LogP contribution in [-0.2, 0) is 7.05 Å². The van der Waals surface area contributed by atoms with E-state index < -0.39 is 0 Å². The molecule has 4 nitrogen and oxygen atoms in total. The standard InChI is InChI=1S/C13H16ClN3O/c1-8-11(7-17(2)16-8)13(15)10-6-9(14)4-5-12(10)18-3/h4-7,13H,15H2,1-3H3. The topological polar surface area (TPSA) is 53.1 Å². The van der Waals surface area contributed by atoms with Gasteiger partial charge < -0.3 is 10.5 Å². The summed E-state index contributed by atoms with van der Waals surface area (Å²) in [5.41, 5.74) is 9.03. The van der Waals surface area contributed by atoms with E-state index in [4.69, 9.17) is 22.1 Å². The Labute approximate surface area is 111 Å². The third kappa shape index (κ3) is 2.35. The van der Waals surface area contributed by atoms with Crippen LogP contribution in [0.3, 0.4) is 0 Å². The summed E-state index contributed by atoms with van der Waals surface area (Å²) in [5.74, 6) is 0.732. The molecular weight excluding hydrogens is 250 g/mol. The molecular formula is C13H16ClN3O. The molecule has 0 aliphatic rings. The Morgan fingerprint density at radius 2 is 2.11 bits per heavy atom. The lowest BCUT2D eigenvalue weighted by atomic mass is 9.99. The van der Waals surface area contributed by atoms with E-state index in [1.165, 1.54) is 0 Å². The van der Waals surface area contributed by atoms with Gasteiger partial charge in [0.15, 0.2) is 0 Å². The van der Waals surface area contributed by atoms with E-state index in [-0.39, 0.29) is 6.04 Å². The van der Waals surface area contributed by atoms with Crippen molar-refractivity contribution in [1.29, 1.82) is 0 Å². The normalized spacial score (nSPS) is 12.5. The molecule has 1 atom stereocenters. The molecule has 0 fully saturated rings. The first kappa shape index (κ1) is 12.9. The molecule has 0 saturated heterocycles. The number of hydrogen-bond donors (Lipinski definition) is 1. The van der Waals surface area contributed by atoms with Crippen molar-refractivity contribution >= 4 is 11.6 Å². The maximum Gasteiger partial charge on any atom is 0.124 e. The Bertz CT molecular complexity index is 565. The average molecular weight is 266 g/mol. The molecule has 0 aliphatic heterocycles. The number of benzene rings is 1. The molecule has 0 spiro atoms. The van der Waals surface area contributed by atoms with Crippen molar-refractivity contribution in [3.63, 3.8) is 0 Å². The minimum atomic E-state index is -0.299. The Morgan fingerprint density at radius 1 is 1.39 bits per heavy atom. The predicted molar refractivity (Wildman–Crippen MR) is 72.0 cm³/mol. The Hall–Kier alpha value is -1.52. The van der Waals surface area contributed by atoms with Gasteiger partial charge in [0.2, 0.25) is 0 Å². The summed E-state index contributed by atoms with van der Waals surface area (Å²) in [5, 5.41) is 4.94. The zero-order chi connectivity index (χ0) is 13.3. The molecule has 0 amide bonds. The van der Waals surface area contributed by atoms with Crippen LogP contribution >= 0.6 is 11.6 Å². The van der Waals surface area contributed by atoms with Crippen molar-refractivity contribution in [3.8, 4) is 5.75 Å². The number of halogens is 1. The number of nitrogens with zero attached hydrogens (tertiary/aromatic N) is 2. The van der Waals surface area contributed by atoms with E-state index in [9.17, 15) is 0 Å². The first-order valence-electron chi connectivity index (χ1n) is 5.62. The highest BCUT2D eigenvalue weighted by atomic mass is 35.5. The van der Waals surface area contributed by atoms with Crippen LogP contribution in [0, 0.1) is 6.92 Å². The first-order valence-corrected chi connectivity index (χ1v) is 6.00. The molecule has 1 heterocycles. The molecule has 2 aromatic rings. The van der Waals surface area contributed by atoms with Crippen LogP contribution in [0.5, 0.6) is 5.75 Å². The summed E-state index contributed by atoms with van der Waals surface area (Å²) in [6.07, 6.45) is 1.92. The van der Waals surface area contributed by atoms with Gasteiger partial charge in [0.1, 0.15) is 5.75 Å². The highest BCUT2D eigenvalue weighted by molar-refractivity contribution is 6.30. The monoisotopic (exact) mass is 265 g/mol. The highest BCUT2D eigenvalue weighted by Crippen LogP contribution is 2.31. The number of methoxy groups -OCH3 is 1. The maximum absolute atomic E-state index is 6.28. The molecule has 96 valence electrons. The number of hydrogen-bond acceptors (Lipinski definition) is 3. The van der Waals surface area contributed by atoms with Gasteiger partial charge in [-0.3, -0.25) is 4.68 Å². The lowest BCUT2D eigenvalue weighted by molar-refractivity contribution is 0.408. The van der Waals surface area contributed by atoms with Gasteiger partial charge in [0, 0.05) is 29.4 Å². The molecule has 0 aliphatic carbocycles. The van der Waals surface area contributed by atoms with E-state index in [1.807, 2.05) is 32.3 Å². The largest absolute Gasteiger partial charge is 0.496 e. The Balaban J connectivity index is 2.48. The van der Waals surface area contributed by atoms with Crippen molar-refractivity contribution in [1.82, 2.24) is 9.78 Å². The maximum atomic E-state index is 6.28. The summed E-state index contributed by atoms with van der Waals surface area (Å²) in [6, 6.07) is 5.14. The van der Waals surface area contributed by atoms with E-state index in [2.05, 4.69) is 5.10 Å². The molecule has 2 rings (SSSR count). The second-order valence-corrected chi connectivity index (χ2v) is 4.64. The minimum absolute atomic E-state index is 0.299. The van der Waals surface area contributed by atoms with Crippen LogP contribution in [0.4, 0.5) is 0 Å². The number of aromatic nitrogens is 2. The van der Waals surface area contributed by atoms with Crippen LogP contribution < -0.4 is 10.5 Å². The molecule has 5 heteroatoms. The summed E-state index contributed by atoms with van der Waals surface area (Å²) in [7, 11) is 3.49. The van der Waals surface area contributed by atoms with Gasteiger partial charge in [0.25, 0.3) is 0 Å². The van der Waals surface area contributed by atoms with Crippen LogP contribution in [0.2, 0.25) is 5.02 Å². The number of aryl methyl sites for hydroxylation is 2. The van der Waals surface area contributed by atoms with E-state index in [0.717, 1.165) is 22.6 Å². The molecule has 18 heavy (non-hydrogen) atoms. The highest BCUT2D eigenvalue weighted by Gasteiger charge is 2.18. The van der Waals surface area contributed by atoms with Gasteiger partial charge >= 0.3 is 0 Å². The smallest absolute Gasteiger partial charge is 0.124 e. The van der Waals surface area contributed by atoms with Crippen LogP contribution in [0.15, 0.2) is 24.4 Å². The van der Waals surface area contributed by atoms with Gasteiger partial charge in [-0.2, -0.15) is 5.10 Å². The molecule has 2 N–H and O–H groups in total. The SMILES string of the molecule is COc1ccc(Cl)cc1C(N)c1cn(C)nc1C. The lowest BCUT2D eigenvalue weighted by Gasteiger charge is -2.15. The van der Waals surface area contributed by atoms with Crippen molar-refractivity contribution in [2.45, 2.75) is 13.0 Å². The van der Waals surface area contributed by atoms with Crippen molar-refractivity contribution < 1.29 is 4.74 Å². The minimum Gasteiger partial charge on any atom is -0.496 e. The third-order valence-corrected chi connectivity index (χ3v) is 3.15. The second kappa shape index (κ2) is 5.00. The van der Waals surface area contributed by atoms with Crippen molar-refractivity contribution in [3.05, 3.63) is 46.2 Å². The molecule has 1 unspecified atom stereocenters. The summed E-state index contributed by atoms with van der Waals surface area (Å²) in [6.45, 7) is 1.94. The van der Waals surface area contributed by atoms with Gasteiger partial charge in [-0.05, 0) is 25.1 Å². The fourth-order valence-corrected chi connectivity index (χ4v) is 2.22. The first-order chi connectivity index (χ1) is 8.52. The van der Waals surface area contributed by atoms with Crippen LogP contribution in [0.25, 0.3) is 0 Å². The van der Waals surface area contributed by atoms with E-state index >= 15 is 0 Å². The Morgan fingerprint density at radius 3 is 2.67 bits per heavy atom. The van der Waals surface area contributed by atoms with Crippen molar-refractivity contribution in [2.24, 2.45) is 12.8 Å². The van der Waals surface area contributed by atoms with Crippen LogP contribution in [0.1, 0.15) is 22.9 Å². The number of ether oxygens (including phenoxy) is 1. The molecule has 0 saturated carbocycles. The summed E-state index contributed by atoms with van der Waals surface area (Å²) < 4.78 is 7.08.